The molecule has 0 saturated carbocycles. The van der Waals surface area contributed by atoms with Crippen molar-refractivity contribution in [1.82, 2.24) is 30.4 Å². The number of H-pyrrole nitrogens is 1. The minimum Gasteiger partial charge on any atom is -0.493 e. The summed E-state index contributed by atoms with van der Waals surface area (Å²) in [7, 11) is 0. The number of fused-ring (bicyclic) bond motifs is 3. The molecule has 2 aromatic heterocycles. The molecule has 2 unspecified atom stereocenters. The third-order valence-corrected chi connectivity index (χ3v) is 13.9. The first-order valence-electron chi connectivity index (χ1n) is 23.5. The lowest BCUT2D eigenvalue weighted by molar-refractivity contribution is -0.144. The van der Waals surface area contributed by atoms with Gasteiger partial charge in [-0.2, -0.15) is 0 Å². The number of aryl methyl sites for hydroxylation is 1. The zero-order valence-corrected chi connectivity index (χ0v) is 41.1. The number of aromatic amines is 1. The highest BCUT2D eigenvalue weighted by atomic mass is 32.1. The molecule has 7 rings (SSSR count). The van der Waals surface area contributed by atoms with E-state index in [9.17, 15) is 19.5 Å². The van der Waals surface area contributed by atoms with Crippen molar-refractivity contribution in [1.29, 1.82) is 0 Å². The van der Waals surface area contributed by atoms with Gasteiger partial charge in [0.1, 0.15) is 41.7 Å². The molecule has 4 N–H and O–H groups in total. The second-order valence-corrected chi connectivity index (χ2v) is 20.9. The number of alkyl halides is 1. The molecule has 1 saturated heterocycles. The van der Waals surface area contributed by atoms with Gasteiger partial charge >= 0.3 is 0 Å². The van der Waals surface area contributed by atoms with E-state index in [0.29, 0.717) is 31.4 Å². The number of aromatic nitrogens is 2. The second kappa shape index (κ2) is 21.1. The van der Waals surface area contributed by atoms with Crippen molar-refractivity contribution >= 4 is 40.0 Å². The van der Waals surface area contributed by atoms with E-state index >= 15 is 13.2 Å². The van der Waals surface area contributed by atoms with E-state index < -0.39 is 64.7 Å². The Labute approximate surface area is 401 Å². The molecule has 0 aliphatic carbocycles. The maximum atomic E-state index is 16.1. The molecule has 366 valence electrons. The average molecular weight is 959 g/mol. The summed E-state index contributed by atoms with van der Waals surface area (Å²) in [4.78, 5) is 52.9. The van der Waals surface area contributed by atoms with Gasteiger partial charge in [-0.05, 0) is 88.5 Å². The predicted molar refractivity (Wildman–Crippen MR) is 258 cm³/mol. The molecule has 5 aromatic rings. The molecule has 2 aliphatic heterocycles. The van der Waals surface area contributed by atoms with E-state index in [4.69, 9.17) is 9.47 Å². The number of halogens is 3. The van der Waals surface area contributed by atoms with E-state index in [0.717, 1.165) is 38.2 Å². The predicted octanol–water partition coefficient (Wildman–Crippen LogP) is 8.90. The van der Waals surface area contributed by atoms with Gasteiger partial charge in [0.2, 0.25) is 17.7 Å². The lowest BCUT2D eigenvalue weighted by atomic mass is 9.85. The smallest absolute Gasteiger partial charge is 0.246 e. The highest BCUT2D eigenvalue weighted by molar-refractivity contribution is 7.13. The van der Waals surface area contributed by atoms with Crippen molar-refractivity contribution in [2.45, 2.75) is 129 Å². The van der Waals surface area contributed by atoms with Crippen LogP contribution in [-0.4, -0.2) is 105 Å². The third-order valence-electron chi connectivity index (χ3n) is 12.9. The number of carbonyl (C=O) groups is 3. The Bertz CT molecular complexity index is 2550. The van der Waals surface area contributed by atoms with Gasteiger partial charge in [-0.25, -0.2) is 18.2 Å². The highest BCUT2D eigenvalue weighted by Gasteiger charge is 2.45. The van der Waals surface area contributed by atoms with Crippen LogP contribution < -0.4 is 15.4 Å². The number of likely N-dealkylation sites (tertiary alicyclic amines) is 1. The van der Waals surface area contributed by atoms with Gasteiger partial charge in [0.25, 0.3) is 0 Å². The monoisotopic (exact) mass is 958 g/mol. The lowest BCUT2D eigenvalue weighted by Gasteiger charge is -2.43. The molecule has 16 heteroatoms. The third kappa shape index (κ3) is 11.8. The Hall–Kier alpha value is -5.29. The summed E-state index contributed by atoms with van der Waals surface area (Å²) in [6.07, 6.45) is 1.54. The molecule has 6 atom stereocenters. The van der Waals surface area contributed by atoms with Crippen LogP contribution in [0.5, 0.6) is 5.75 Å². The van der Waals surface area contributed by atoms with E-state index in [2.05, 4.69) is 20.6 Å². The number of unbranched alkanes of at least 4 members (excludes halogenated alkanes) is 2. The minimum atomic E-state index is -1.61. The van der Waals surface area contributed by atoms with Gasteiger partial charge in [0, 0.05) is 66.5 Å². The SMILES string of the molecule is Cc1ncsc1-c1ccc(C(C)NC(=O)[C@@H]2C[C@@H](O)CN2C(=O)C(NC(=O)COCCCCCOc2cc(F)c([C@@H]3c4[nH]c5ccccc5c4C[C@@H](C)N3CC(C)(C)F)c(F)c2)C(C)(C)C)cc1. The number of amides is 3. The molecule has 1 fully saturated rings. The number of hydrogen-bond donors (Lipinski definition) is 4. The Morgan fingerprint density at radius 3 is 2.34 bits per heavy atom. The number of benzene rings is 3. The van der Waals surface area contributed by atoms with Crippen LogP contribution in [0.1, 0.15) is 114 Å². The van der Waals surface area contributed by atoms with Crippen LogP contribution in [0.3, 0.4) is 0 Å². The fraction of sp³-hybridized carbons (Fsp3) is 0.500. The number of thiazole rings is 1. The molecule has 3 aromatic carbocycles. The van der Waals surface area contributed by atoms with Gasteiger partial charge < -0.3 is 35.1 Å². The van der Waals surface area contributed by atoms with Crippen molar-refractivity contribution < 1.29 is 42.1 Å². The van der Waals surface area contributed by atoms with Crippen molar-refractivity contribution in [3.63, 3.8) is 0 Å². The summed E-state index contributed by atoms with van der Waals surface area (Å²) in [6.45, 7) is 14.2. The number of nitrogens with one attached hydrogen (secondary N) is 3. The lowest BCUT2D eigenvalue weighted by Crippen LogP contribution is -2.58. The topological polar surface area (TPSA) is 149 Å². The van der Waals surface area contributed by atoms with Crippen molar-refractivity contribution in [3.8, 4) is 16.2 Å². The summed E-state index contributed by atoms with van der Waals surface area (Å²) in [5.41, 5.74) is 4.66. The summed E-state index contributed by atoms with van der Waals surface area (Å²) in [5, 5.41) is 17.4. The van der Waals surface area contributed by atoms with Crippen LogP contribution in [0.15, 0.2) is 66.2 Å². The summed E-state index contributed by atoms with van der Waals surface area (Å²) in [6, 6.07) is 14.6. The Morgan fingerprint density at radius 2 is 1.68 bits per heavy atom. The zero-order chi connectivity index (χ0) is 49.1. The van der Waals surface area contributed by atoms with Gasteiger partial charge in [0.05, 0.1) is 40.9 Å². The van der Waals surface area contributed by atoms with Crippen molar-refractivity contribution in [2.24, 2.45) is 5.41 Å². The number of aliphatic hydroxyl groups is 1. The Morgan fingerprint density at radius 1 is 0.985 bits per heavy atom. The van der Waals surface area contributed by atoms with Crippen LogP contribution in [0.2, 0.25) is 0 Å². The van der Waals surface area contributed by atoms with Gasteiger partial charge in [-0.15, -0.1) is 11.3 Å². The molecule has 3 amide bonds. The summed E-state index contributed by atoms with van der Waals surface area (Å²) >= 11 is 1.56. The maximum Gasteiger partial charge on any atom is 0.246 e. The second-order valence-electron chi connectivity index (χ2n) is 20.1. The first-order chi connectivity index (χ1) is 32.2. The molecule has 68 heavy (non-hydrogen) atoms. The van der Waals surface area contributed by atoms with E-state index in [1.165, 1.54) is 30.9 Å². The number of para-hydroxylation sites is 1. The number of rotatable bonds is 18. The molecular weight excluding hydrogens is 894 g/mol. The molecule has 2 aliphatic rings. The van der Waals surface area contributed by atoms with Crippen molar-refractivity contribution in [2.75, 3.05) is 32.9 Å². The van der Waals surface area contributed by atoms with Crippen LogP contribution >= 0.6 is 11.3 Å². The van der Waals surface area contributed by atoms with Crippen LogP contribution in [-0.2, 0) is 25.5 Å². The Balaban J connectivity index is 0.872. The molecular formula is C52H65F3N6O6S. The molecule has 4 heterocycles. The minimum absolute atomic E-state index is 0.0187. The standard InChI is InChI=1S/C52H65F3N6O6S/c1-30-22-38-37-14-10-11-15-41(37)58-45(38)46(61(30)28-52(7,8)55)44-39(53)24-36(25-40(44)54)67-21-13-9-12-20-66-27-43(63)59-48(51(4,5)6)50(65)60-26-35(62)23-42(60)49(64)57-31(2)33-16-18-34(19-17-33)47-32(3)56-29-68-47/h10-11,14-19,24-25,29-31,35,42,46,48,58,62H,9,12-13,20-23,26-28H2,1-8H3,(H,57,64)(H,59,63)/t30-,31?,35-,42+,46-,48?/m1/s1. The number of nitrogens with zero attached hydrogens (tertiary/aromatic N) is 3. The van der Waals surface area contributed by atoms with Crippen molar-refractivity contribution in [3.05, 3.63) is 106 Å². The van der Waals surface area contributed by atoms with Crippen LogP contribution in [0, 0.1) is 24.0 Å². The fourth-order valence-electron chi connectivity index (χ4n) is 9.46. The largest absolute Gasteiger partial charge is 0.493 e. The quantitative estimate of drug-likeness (QED) is 0.0637. The number of carbonyl (C=O) groups excluding carboxylic acids is 3. The van der Waals surface area contributed by atoms with Gasteiger partial charge in [-0.1, -0.05) is 63.2 Å². The number of ether oxygens (including phenoxy) is 2. The van der Waals surface area contributed by atoms with Crippen LogP contribution in [0.25, 0.3) is 21.3 Å². The van der Waals surface area contributed by atoms with E-state index in [-0.39, 0.29) is 62.7 Å². The average Bonchev–Trinajstić information content (AvgIpc) is 3.99. The van der Waals surface area contributed by atoms with Gasteiger partial charge in [0.15, 0.2) is 0 Å². The normalized spacial score (nSPS) is 19.7. The molecule has 0 bridgehead atoms. The number of hydrogen-bond acceptors (Lipinski definition) is 9. The van der Waals surface area contributed by atoms with Crippen LogP contribution in [0.4, 0.5) is 13.2 Å². The number of aliphatic hydroxyl groups excluding tert-OH is 1. The molecule has 12 nitrogen and oxygen atoms in total. The highest BCUT2D eigenvalue weighted by Crippen LogP contribution is 2.44. The maximum absolute atomic E-state index is 16.1. The fourth-order valence-corrected chi connectivity index (χ4v) is 10.3. The first kappa shape index (κ1) is 50.6. The molecule has 0 spiro atoms. The van der Waals surface area contributed by atoms with E-state index in [1.807, 2.05) is 95.0 Å². The van der Waals surface area contributed by atoms with E-state index in [1.54, 1.807) is 16.8 Å². The van der Waals surface area contributed by atoms with Gasteiger partial charge in [-0.3, -0.25) is 19.3 Å². The zero-order valence-electron chi connectivity index (χ0n) is 40.3. The Kier molecular flexibility index (Phi) is 15.7. The number of β-amino-alcohol motifs (C(OH)–C–C–N with tert-alkyl or cyclic N) is 1. The summed E-state index contributed by atoms with van der Waals surface area (Å²) < 4.78 is 58.8. The molecule has 0 radical (unpaired) electrons. The summed E-state index contributed by atoms with van der Waals surface area (Å²) in [5.74, 6) is -2.87. The first-order valence-corrected chi connectivity index (χ1v) is 24.4.